The molecule has 1 aliphatic heterocycles. The minimum atomic E-state index is -0.349. The molecule has 2 aromatic heterocycles. The largest absolute Gasteiger partial charge is 0.452 e. The van der Waals surface area contributed by atoms with E-state index in [0.29, 0.717) is 15.9 Å². The van der Waals surface area contributed by atoms with Gasteiger partial charge < -0.3 is 20.0 Å². The van der Waals surface area contributed by atoms with Crippen LogP contribution >= 0.6 is 35.6 Å². The zero-order valence-electron chi connectivity index (χ0n) is 18.4. The summed E-state index contributed by atoms with van der Waals surface area (Å²) in [7, 11) is 0. The van der Waals surface area contributed by atoms with Crippen molar-refractivity contribution in [3.63, 3.8) is 0 Å². The number of rotatable bonds is 7. The fourth-order valence-corrected chi connectivity index (χ4v) is 5.14. The molecular formula is C26H21ClN4O2S2. The third kappa shape index (κ3) is 5.51. The van der Waals surface area contributed by atoms with Crippen molar-refractivity contribution in [2.45, 2.75) is 22.1 Å². The number of carbonyl (C=O) groups excluding carboxylic acids is 1. The lowest BCUT2D eigenvalue weighted by molar-refractivity contribution is -0.116. The molecule has 35 heavy (non-hydrogen) atoms. The van der Waals surface area contributed by atoms with Gasteiger partial charge in [0.05, 0.1) is 11.7 Å². The van der Waals surface area contributed by atoms with Crippen molar-refractivity contribution in [1.29, 1.82) is 0 Å². The predicted octanol–water partition coefficient (Wildman–Crippen LogP) is 6.09. The fraction of sp³-hybridized carbons (Fsp3) is 0.115. The van der Waals surface area contributed by atoms with Crippen LogP contribution in [-0.4, -0.2) is 27.4 Å². The molecule has 1 aliphatic rings. The number of nitrogens with zero attached hydrogens (tertiary/aromatic N) is 2. The maximum absolute atomic E-state index is 12.9. The van der Waals surface area contributed by atoms with Gasteiger partial charge in [-0.2, -0.15) is 0 Å². The normalized spacial score (nSPS) is 17.3. The van der Waals surface area contributed by atoms with Crippen molar-refractivity contribution < 1.29 is 9.21 Å². The zero-order valence-corrected chi connectivity index (χ0v) is 20.8. The Balaban J connectivity index is 1.41. The maximum Gasteiger partial charge on any atom is 0.244 e. The summed E-state index contributed by atoms with van der Waals surface area (Å²) in [5.74, 6) is 0.520. The number of thiocarbonyl (C=S) groups is 1. The Morgan fingerprint density at radius 1 is 1.06 bits per heavy atom. The quantitative estimate of drug-likeness (QED) is 0.286. The molecule has 6 nitrogen and oxygen atoms in total. The van der Waals surface area contributed by atoms with E-state index in [9.17, 15) is 4.79 Å². The van der Waals surface area contributed by atoms with Crippen LogP contribution in [0.25, 0.3) is 0 Å². The number of hydrogen-bond acceptors (Lipinski definition) is 5. The van der Waals surface area contributed by atoms with Crippen molar-refractivity contribution in [2.24, 2.45) is 0 Å². The molecule has 0 aliphatic carbocycles. The van der Waals surface area contributed by atoms with Crippen LogP contribution in [0.1, 0.15) is 23.5 Å². The number of hydrogen-bond donors (Lipinski definition) is 2. The molecule has 0 spiro atoms. The Hall–Kier alpha value is -3.33. The molecule has 1 saturated heterocycles. The number of furan rings is 1. The van der Waals surface area contributed by atoms with Gasteiger partial charge in [0.15, 0.2) is 10.2 Å². The van der Waals surface area contributed by atoms with Gasteiger partial charge in [0.2, 0.25) is 5.91 Å². The number of nitrogens with one attached hydrogen (secondary N) is 2. The Labute approximate surface area is 217 Å². The lowest BCUT2D eigenvalue weighted by atomic mass is 10.0. The molecule has 0 saturated carbocycles. The summed E-state index contributed by atoms with van der Waals surface area (Å²) in [5, 5.41) is 8.15. The van der Waals surface area contributed by atoms with Crippen LogP contribution in [0.4, 0.5) is 5.69 Å². The fourth-order valence-electron chi connectivity index (χ4n) is 3.93. The van der Waals surface area contributed by atoms with Gasteiger partial charge in [-0.1, -0.05) is 47.6 Å². The Morgan fingerprint density at radius 3 is 2.57 bits per heavy atom. The summed E-state index contributed by atoms with van der Waals surface area (Å²) < 4.78 is 6.26. The topological polar surface area (TPSA) is 70.4 Å². The first-order chi connectivity index (χ1) is 17.1. The Morgan fingerprint density at radius 2 is 1.83 bits per heavy atom. The first-order valence-corrected chi connectivity index (χ1v) is 12.5. The van der Waals surface area contributed by atoms with Gasteiger partial charge in [-0.15, -0.1) is 0 Å². The van der Waals surface area contributed by atoms with Crippen LogP contribution in [0.2, 0.25) is 5.02 Å². The highest BCUT2D eigenvalue weighted by Crippen LogP contribution is 2.41. The van der Waals surface area contributed by atoms with E-state index in [1.807, 2.05) is 89.8 Å². The number of anilines is 1. The average Bonchev–Trinajstić information content (AvgIpc) is 3.46. The van der Waals surface area contributed by atoms with E-state index in [1.165, 1.54) is 11.8 Å². The molecule has 0 unspecified atom stereocenters. The Bertz CT molecular complexity index is 1320. The van der Waals surface area contributed by atoms with E-state index in [4.69, 9.17) is 28.2 Å². The summed E-state index contributed by atoms with van der Waals surface area (Å²) in [6, 6.07) is 25.9. The zero-order chi connectivity index (χ0) is 24.2. The maximum atomic E-state index is 12.9. The van der Waals surface area contributed by atoms with E-state index in [2.05, 4.69) is 15.6 Å². The number of amides is 1. The second-order valence-electron chi connectivity index (χ2n) is 7.88. The van der Waals surface area contributed by atoms with E-state index in [0.717, 1.165) is 21.4 Å². The molecule has 1 amide bonds. The second kappa shape index (κ2) is 10.5. The Kier molecular flexibility index (Phi) is 7.03. The van der Waals surface area contributed by atoms with Crippen LogP contribution in [0.3, 0.4) is 0 Å². The molecule has 5 rings (SSSR count). The third-order valence-corrected chi connectivity index (χ3v) is 7.03. The number of halogens is 1. The third-order valence-electron chi connectivity index (χ3n) is 5.49. The number of para-hydroxylation sites is 1. The molecule has 3 heterocycles. The van der Waals surface area contributed by atoms with Crippen molar-refractivity contribution in [1.82, 2.24) is 15.2 Å². The van der Waals surface area contributed by atoms with Gasteiger partial charge in [0.25, 0.3) is 0 Å². The summed E-state index contributed by atoms with van der Waals surface area (Å²) in [6.45, 7) is 0.0646. The highest BCUT2D eigenvalue weighted by atomic mass is 35.5. The molecule has 4 aromatic rings. The van der Waals surface area contributed by atoms with Gasteiger partial charge in [-0.05, 0) is 72.9 Å². The summed E-state index contributed by atoms with van der Waals surface area (Å²) in [6.07, 6.45) is 1.74. The summed E-state index contributed by atoms with van der Waals surface area (Å²) in [4.78, 5) is 20.3. The van der Waals surface area contributed by atoms with Crippen LogP contribution in [0, 0.1) is 0 Å². The average molecular weight is 521 g/mol. The van der Waals surface area contributed by atoms with Crippen molar-refractivity contribution >= 4 is 52.3 Å². The van der Waals surface area contributed by atoms with Crippen molar-refractivity contribution in [3.05, 3.63) is 108 Å². The molecule has 2 aromatic carbocycles. The molecule has 9 heteroatoms. The first kappa shape index (κ1) is 23.4. The van der Waals surface area contributed by atoms with Gasteiger partial charge in [0.1, 0.15) is 18.3 Å². The second-order valence-corrected chi connectivity index (χ2v) is 9.78. The van der Waals surface area contributed by atoms with E-state index >= 15 is 0 Å². The number of benzene rings is 2. The number of pyridine rings is 1. The number of aromatic nitrogens is 1. The van der Waals surface area contributed by atoms with Gasteiger partial charge >= 0.3 is 0 Å². The predicted molar refractivity (Wildman–Crippen MR) is 142 cm³/mol. The van der Waals surface area contributed by atoms with Gasteiger partial charge in [-0.3, -0.25) is 9.78 Å². The summed E-state index contributed by atoms with van der Waals surface area (Å²) >= 11 is 13.2. The van der Waals surface area contributed by atoms with E-state index in [-0.39, 0.29) is 24.5 Å². The number of carbonyl (C=O) groups is 1. The molecule has 1 fully saturated rings. The van der Waals surface area contributed by atoms with Crippen LogP contribution in [-0.2, 0) is 4.79 Å². The monoisotopic (exact) mass is 520 g/mol. The molecular weight excluding hydrogens is 500 g/mol. The van der Waals surface area contributed by atoms with Crippen molar-refractivity contribution in [3.8, 4) is 0 Å². The highest BCUT2D eigenvalue weighted by molar-refractivity contribution is 7.99. The smallest absolute Gasteiger partial charge is 0.244 e. The first-order valence-electron chi connectivity index (χ1n) is 10.9. The van der Waals surface area contributed by atoms with Gasteiger partial charge in [0, 0.05) is 21.8 Å². The minimum absolute atomic E-state index is 0.0646. The SMILES string of the molecule is O=C(CN1C(=S)N[C@@H](c2ccccn2)[C@@H]1c1ccc(Sc2ccc(Cl)cc2)o1)Nc1ccccc1. The molecule has 0 bridgehead atoms. The van der Waals surface area contributed by atoms with E-state index < -0.39 is 0 Å². The van der Waals surface area contributed by atoms with Gasteiger partial charge in [-0.25, -0.2) is 0 Å². The lowest BCUT2D eigenvalue weighted by Gasteiger charge is -2.25. The summed E-state index contributed by atoms with van der Waals surface area (Å²) in [5.41, 5.74) is 1.54. The lowest BCUT2D eigenvalue weighted by Crippen LogP contribution is -2.36. The van der Waals surface area contributed by atoms with Crippen LogP contribution < -0.4 is 10.6 Å². The van der Waals surface area contributed by atoms with Crippen molar-refractivity contribution in [2.75, 3.05) is 11.9 Å². The highest BCUT2D eigenvalue weighted by Gasteiger charge is 2.42. The minimum Gasteiger partial charge on any atom is -0.452 e. The molecule has 2 atom stereocenters. The molecule has 2 N–H and O–H groups in total. The molecule has 176 valence electrons. The van der Waals surface area contributed by atoms with Crippen LogP contribution in [0.15, 0.2) is 106 Å². The van der Waals surface area contributed by atoms with E-state index in [1.54, 1.807) is 6.20 Å². The molecule has 0 radical (unpaired) electrons. The van der Waals surface area contributed by atoms with Crippen LogP contribution in [0.5, 0.6) is 0 Å². The standard InChI is InChI=1S/C26H21ClN4O2S2/c27-17-9-11-19(12-10-17)35-23-14-13-21(33-23)25-24(20-8-4-5-15-28-20)30-26(34)31(25)16-22(32)29-18-6-2-1-3-7-18/h1-15,24-25H,16H2,(H,29,32)(H,30,34)/t24-,25-/m0/s1.